The molecular formula is C54H66N2O5Si. The summed E-state index contributed by atoms with van der Waals surface area (Å²) in [6.45, 7) is 16.5. The van der Waals surface area contributed by atoms with E-state index in [9.17, 15) is 14.7 Å². The predicted molar refractivity (Wildman–Crippen MR) is 252 cm³/mol. The van der Waals surface area contributed by atoms with E-state index in [2.05, 4.69) is 136 Å². The van der Waals surface area contributed by atoms with Crippen LogP contribution < -0.4 is 10.4 Å². The van der Waals surface area contributed by atoms with Crippen LogP contribution in [0.25, 0.3) is 6.08 Å². The molecule has 1 aliphatic carbocycles. The molecule has 4 aliphatic rings. The number of likely N-dealkylation sites (tertiary alicyclic amines) is 2. The molecule has 2 amide bonds. The van der Waals surface area contributed by atoms with Crippen molar-refractivity contribution in [3.8, 4) is 5.75 Å². The van der Waals surface area contributed by atoms with E-state index in [-0.39, 0.29) is 34.9 Å². The molecule has 4 aromatic rings. The Labute approximate surface area is 371 Å². The minimum atomic E-state index is -2.91. The van der Waals surface area contributed by atoms with Crippen LogP contribution in [0.15, 0.2) is 120 Å². The zero-order valence-corrected chi connectivity index (χ0v) is 38.7. The number of phenolic OH excluding ortho intramolecular Hbond substituents is 1. The quantitative estimate of drug-likeness (QED) is 0.0774. The topological polar surface area (TPSA) is 79.3 Å². The minimum Gasteiger partial charge on any atom is -0.507 e. The fourth-order valence-electron chi connectivity index (χ4n) is 11.3. The van der Waals surface area contributed by atoms with Crippen molar-refractivity contribution in [1.82, 2.24) is 9.80 Å². The van der Waals surface area contributed by atoms with Crippen LogP contribution in [0.3, 0.4) is 0 Å². The molecule has 0 saturated carbocycles. The van der Waals surface area contributed by atoms with Crippen molar-refractivity contribution in [3.05, 3.63) is 142 Å². The molecule has 8 rings (SSSR count). The third-order valence-corrected chi connectivity index (χ3v) is 19.3. The number of piperidine rings is 1. The molecule has 3 saturated heterocycles. The number of nitrogens with zero attached hydrogens (tertiary/aromatic N) is 2. The summed E-state index contributed by atoms with van der Waals surface area (Å²) >= 11 is 0. The summed E-state index contributed by atoms with van der Waals surface area (Å²) in [5.41, 5.74) is 7.85. The Morgan fingerprint density at radius 3 is 2.02 bits per heavy atom. The Kier molecular flexibility index (Phi) is 13.2. The van der Waals surface area contributed by atoms with Gasteiger partial charge in [0.2, 0.25) is 11.8 Å². The van der Waals surface area contributed by atoms with E-state index >= 15 is 0 Å². The van der Waals surface area contributed by atoms with Gasteiger partial charge in [-0.15, -0.1) is 0 Å². The average Bonchev–Trinajstić information content (AvgIpc) is 3.80. The first kappa shape index (κ1) is 44.0. The summed E-state index contributed by atoms with van der Waals surface area (Å²) in [6, 6.07) is 36.1. The number of amides is 2. The maximum Gasteiger partial charge on any atom is 0.261 e. The van der Waals surface area contributed by atoms with Crippen LogP contribution in [0.5, 0.6) is 5.75 Å². The lowest BCUT2D eigenvalue weighted by Gasteiger charge is -2.44. The summed E-state index contributed by atoms with van der Waals surface area (Å²) in [6.07, 6.45) is 7.87. The summed E-state index contributed by atoms with van der Waals surface area (Å²) in [5, 5.41) is 12.7. The van der Waals surface area contributed by atoms with E-state index in [4.69, 9.17) is 9.16 Å². The normalized spacial score (nSPS) is 22.7. The van der Waals surface area contributed by atoms with Gasteiger partial charge in [0.1, 0.15) is 5.75 Å². The van der Waals surface area contributed by atoms with Crippen molar-refractivity contribution >= 4 is 36.6 Å². The van der Waals surface area contributed by atoms with Gasteiger partial charge in [-0.25, -0.2) is 0 Å². The summed E-state index contributed by atoms with van der Waals surface area (Å²) in [7, 11) is -2.91. The summed E-state index contributed by atoms with van der Waals surface area (Å²) in [5.74, 6) is -0.612. The molecule has 7 nitrogen and oxygen atoms in total. The Morgan fingerprint density at radius 1 is 0.839 bits per heavy atom. The van der Waals surface area contributed by atoms with Gasteiger partial charge in [-0.3, -0.25) is 19.4 Å². The van der Waals surface area contributed by atoms with Gasteiger partial charge >= 0.3 is 0 Å². The van der Waals surface area contributed by atoms with Gasteiger partial charge in [-0.1, -0.05) is 137 Å². The second-order valence-electron chi connectivity index (χ2n) is 19.4. The Morgan fingerprint density at radius 2 is 1.44 bits per heavy atom. The molecule has 0 unspecified atom stereocenters. The van der Waals surface area contributed by atoms with Crippen molar-refractivity contribution in [2.75, 3.05) is 26.3 Å². The van der Waals surface area contributed by atoms with E-state index < -0.39 is 20.2 Å². The minimum absolute atomic E-state index is 0.000363. The van der Waals surface area contributed by atoms with Crippen LogP contribution in [-0.4, -0.2) is 73.5 Å². The number of rotatable bonds is 14. The van der Waals surface area contributed by atoms with Crippen LogP contribution in [0.4, 0.5) is 0 Å². The van der Waals surface area contributed by atoms with Gasteiger partial charge in [0, 0.05) is 31.6 Å². The average molecular weight is 851 g/mol. The number of phenols is 1. The molecule has 3 aliphatic heterocycles. The van der Waals surface area contributed by atoms with Gasteiger partial charge in [0.05, 0.1) is 31.2 Å². The molecule has 3 fully saturated rings. The molecule has 1 N–H and O–H groups in total. The smallest absolute Gasteiger partial charge is 0.261 e. The second-order valence-corrected chi connectivity index (χ2v) is 23.7. The molecule has 0 spiro atoms. The number of ether oxygens (including phenoxy) is 1. The molecule has 0 aromatic heterocycles. The first-order valence-corrected chi connectivity index (χ1v) is 25.0. The van der Waals surface area contributed by atoms with Gasteiger partial charge in [-0.2, -0.15) is 0 Å². The zero-order chi connectivity index (χ0) is 43.6. The molecule has 0 bridgehead atoms. The van der Waals surface area contributed by atoms with E-state index in [1.54, 1.807) is 4.90 Å². The van der Waals surface area contributed by atoms with Crippen LogP contribution in [0.2, 0.25) is 5.04 Å². The van der Waals surface area contributed by atoms with Crippen molar-refractivity contribution < 1.29 is 23.9 Å². The third kappa shape index (κ3) is 8.68. The fourth-order valence-corrected chi connectivity index (χ4v) is 15.9. The summed E-state index contributed by atoms with van der Waals surface area (Å²) in [4.78, 5) is 33.7. The monoisotopic (exact) mass is 850 g/mol. The highest BCUT2D eigenvalue weighted by molar-refractivity contribution is 6.99. The lowest BCUT2D eigenvalue weighted by Crippen LogP contribution is -2.66. The van der Waals surface area contributed by atoms with Crippen molar-refractivity contribution in [2.45, 2.75) is 110 Å². The van der Waals surface area contributed by atoms with Crippen molar-refractivity contribution in [3.63, 3.8) is 0 Å². The Balaban J connectivity index is 1.11. The number of allylic oxidation sites excluding steroid dienone is 1. The van der Waals surface area contributed by atoms with E-state index in [0.29, 0.717) is 25.4 Å². The first-order valence-electron chi connectivity index (χ1n) is 23.1. The highest BCUT2D eigenvalue weighted by atomic mass is 28.4. The predicted octanol–water partition coefficient (Wildman–Crippen LogP) is 9.53. The first-order chi connectivity index (χ1) is 29.9. The molecule has 4 atom stereocenters. The van der Waals surface area contributed by atoms with E-state index in [1.165, 1.54) is 27.1 Å². The van der Waals surface area contributed by atoms with Gasteiger partial charge in [-0.05, 0) is 113 Å². The maximum absolute atomic E-state index is 14.8. The van der Waals surface area contributed by atoms with Crippen LogP contribution in [0.1, 0.15) is 94.9 Å². The van der Waals surface area contributed by atoms with E-state index in [0.717, 1.165) is 80.4 Å². The van der Waals surface area contributed by atoms with Crippen molar-refractivity contribution in [1.29, 1.82) is 0 Å². The maximum atomic E-state index is 14.8. The van der Waals surface area contributed by atoms with Crippen molar-refractivity contribution in [2.24, 2.45) is 17.8 Å². The number of carbonyl (C=O) groups excluding carboxylic acids is 2. The molecule has 3 heterocycles. The lowest BCUT2D eigenvalue weighted by molar-refractivity contribution is -0.144. The second kappa shape index (κ2) is 18.6. The largest absolute Gasteiger partial charge is 0.507 e. The summed E-state index contributed by atoms with van der Waals surface area (Å²) < 4.78 is 14.5. The number of hydrogen-bond donors (Lipinski definition) is 1. The fraction of sp³-hybridized carbons (Fsp3) is 0.444. The molecule has 62 heavy (non-hydrogen) atoms. The Bertz CT molecular complexity index is 2210. The zero-order valence-electron chi connectivity index (χ0n) is 37.7. The Hall–Kier alpha value is -4.60. The van der Waals surface area contributed by atoms with Gasteiger partial charge in [0.25, 0.3) is 8.32 Å². The molecule has 0 radical (unpaired) electrons. The number of aromatic hydroxyl groups is 1. The van der Waals surface area contributed by atoms with Gasteiger partial charge < -0.3 is 14.3 Å². The standard InChI is InChI=1S/C54H66N2O5Si/c1-7-17-39(32-41-30-37(2)51(57)38(3)31-41)24-25-48-49-42(35-61-62(54(4,5)6,44-20-13-9-14-21-44)45-22-15-10-16-23-45)33-46-50(47(49)36-60-48)53(59)56(52(46)58)43-26-28-55(29-27-43)34-40-18-11-8-12-19-40/h8-16,18-23,30-32,43,46-48,50,57H,7,17,24-29,33-36H2,1-6H3/b39-32+/t46-,47+,48-,50-/m1/s1. The van der Waals surface area contributed by atoms with Crippen LogP contribution >= 0.6 is 0 Å². The number of imide groups is 1. The van der Waals surface area contributed by atoms with Crippen LogP contribution in [-0.2, 0) is 25.3 Å². The molecular weight excluding hydrogens is 785 g/mol. The number of benzene rings is 4. The van der Waals surface area contributed by atoms with Crippen LogP contribution in [0, 0.1) is 31.6 Å². The molecule has 326 valence electrons. The number of hydrogen-bond acceptors (Lipinski definition) is 6. The lowest BCUT2D eigenvalue weighted by atomic mass is 9.69. The van der Waals surface area contributed by atoms with Gasteiger partial charge in [0.15, 0.2) is 0 Å². The highest BCUT2D eigenvalue weighted by Gasteiger charge is 2.59. The SMILES string of the molecule is CCC/C(=C\c1cc(C)c(O)c(C)c1)CC[C@H]1OC[C@H]2C1=C(CO[Si](c1ccccc1)(c1ccccc1)C(C)(C)C)C[C@H]1C(=O)N(C3CCN(Cc4ccccc4)CC3)C(=O)[C@H]12. The highest BCUT2D eigenvalue weighted by Crippen LogP contribution is 2.51. The number of carbonyl (C=O) groups is 2. The number of fused-ring (bicyclic) bond motifs is 3. The van der Waals surface area contributed by atoms with E-state index in [1.807, 2.05) is 19.9 Å². The molecule has 4 aromatic carbocycles. The number of aryl methyl sites for hydroxylation is 2. The third-order valence-electron chi connectivity index (χ3n) is 14.3. The molecule has 8 heteroatoms.